The molecule has 2 N–H and O–H groups in total. The molecule has 1 fully saturated rings. The standard InChI is InChI=1S/C23H39N5O2/c1-19(2)30-17-16-28-14-11-21(12-15-28)26-23(25-18-22(29)27(3)4)24-13-10-20-8-6-5-7-9-20/h5-9,19,21H,10-18H2,1-4H3,(H2,24,25,26). The fourth-order valence-electron chi connectivity index (χ4n) is 3.32. The highest BCUT2D eigenvalue weighted by molar-refractivity contribution is 5.84. The number of carbonyl (C=O) groups excluding carboxylic acids is 1. The summed E-state index contributed by atoms with van der Waals surface area (Å²) in [5.74, 6) is 0.724. The molecule has 1 aliphatic heterocycles. The molecule has 1 amide bonds. The van der Waals surface area contributed by atoms with E-state index in [4.69, 9.17) is 4.74 Å². The maximum Gasteiger partial charge on any atom is 0.243 e. The van der Waals surface area contributed by atoms with Crippen LogP contribution < -0.4 is 10.6 Å². The molecule has 1 aliphatic rings. The van der Waals surface area contributed by atoms with Crippen molar-refractivity contribution in [2.75, 3.05) is 53.4 Å². The molecule has 0 atom stereocenters. The van der Waals surface area contributed by atoms with Crippen LogP contribution in [0.5, 0.6) is 0 Å². The molecule has 0 aromatic heterocycles. The van der Waals surface area contributed by atoms with Crippen molar-refractivity contribution in [1.29, 1.82) is 0 Å². The van der Waals surface area contributed by atoms with Crippen molar-refractivity contribution in [3.8, 4) is 0 Å². The number of ether oxygens (including phenoxy) is 1. The number of hydrogen-bond acceptors (Lipinski definition) is 4. The number of aliphatic imine (C=N–C) groups is 1. The summed E-state index contributed by atoms with van der Waals surface area (Å²) in [6, 6.07) is 10.8. The van der Waals surface area contributed by atoms with Crippen molar-refractivity contribution in [1.82, 2.24) is 20.4 Å². The monoisotopic (exact) mass is 417 g/mol. The lowest BCUT2D eigenvalue weighted by molar-refractivity contribution is -0.127. The molecular formula is C23H39N5O2. The lowest BCUT2D eigenvalue weighted by atomic mass is 10.1. The Kier molecular flexibility index (Phi) is 10.7. The third-order valence-electron chi connectivity index (χ3n) is 5.21. The van der Waals surface area contributed by atoms with E-state index in [0.29, 0.717) is 6.04 Å². The summed E-state index contributed by atoms with van der Waals surface area (Å²) < 4.78 is 5.67. The largest absolute Gasteiger partial charge is 0.377 e. The van der Waals surface area contributed by atoms with Crippen molar-refractivity contribution < 1.29 is 9.53 Å². The van der Waals surface area contributed by atoms with Crippen LogP contribution in [0.3, 0.4) is 0 Å². The van der Waals surface area contributed by atoms with Gasteiger partial charge in [-0.2, -0.15) is 0 Å². The van der Waals surface area contributed by atoms with Crippen LogP contribution in [0.2, 0.25) is 0 Å². The van der Waals surface area contributed by atoms with E-state index in [1.165, 1.54) is 5.56 Å². The zero-order valence-corrected chi connectivity index (χ0v) is 19.1. The number of carbonyl (C=O) groups is 1. The Morgan fingerprint density at radius 1 is 1.23 bits per heavy atom. The summed E-state index contributed by atoms with van der Waals surface area (Å²) in [5, 5.41) is 6.94. The van der Waals surface area contributed by atoms with E-state index in [9.17, 15) is 4.79 Å². The van der Waals surface area contributed by atoms with E-state index < -0.39 is 0 Å². The fourth-order valence-corrected chi connectivity index (χ4v) is 3.32. The number of nitrogens with zero attached hydrogens (tertiary/aromatic N) is 3. The Morgan fingerprint density at radius 2 is 1.93 bits per heavy atom. The summed E-state index contributed by atoms with van der Waals surface area (Å²) in [6.07, 6.45) is 3.32. The normalized spacial score (nSPS) is 16.0. The third-order valence-corrected chi connectivity index (χ3v) is 5.21. The Bertz CT molecular complexity index is 640. The van der Waals surface area contributed by atoms with Gasteiger partial charge in [-0.25, -0.2) is 4.99 Å². The molecule has 1 heterocycles. The minimum atomic E-state index is -0.000804. The molecule has 0 aliphatic carbocycles. The van der Waals surface area contributed by atoms with Gasteiger partial charge in [-0.15, -0.1) is 0 Å². The first-order valence-electron chi connectivity index (χ1n) is 11.1. The number of amides is 1. The number of nitrogens with one attached hydrogen (secondary N) is 2. The lowest BCUT2D eigenvalue weighted by Crippen LogP contribution is -2.49. The summed E-state index contributed by atoms with van der Waals surface area (Å²) in [7, 11) is 3.51. The molecule has 0 spiro atoms. The van der Waals surface area contributed by atoms with E-state index >= 15 is 0 Å². The number of piperidine rings is 1. The van der Waals surface area contributed by atoms with Crippen LogP contribution in [0.15, 0.2) is 35.3 Å². The van der Waals surface area contributed by atoms with E-state index in [0.717, 1.165) is 58.0 Å². The zero-order valence-electron chi connectivity index (χ0n) is 19.1. The van der Waals surface area contributed by atoms with Crippen LogP contribution in [-0.2, 0) is 16.0 Å². The zero-order chi connectivity index (χ0) is 21.8. The number of likely N-dealkylation sites (N-methyl/N-ethyl adjacent to an activating group) is 1. The maximum atomic E-state index is 12.0. The van der Waals surface area contributed by atoms with Crippen molar-refractivity contribution >= 4 is 11.9 Å². The number of likely N-dealkylation sites (tertiary alicyclic amines) is 1. The lowest BCUT2D eigenvalue weighted by Gasteiger charge is -2.33. The van der Waals surface area contributed by atoms with Gasteiger partial charge in [-0.1, -0.05) is 30.3 Å². The second-order valence-corrected chi connectivity index (χ2v) is 8.30. The van der Waals surface area contributed by atoms with Crippen LogP contribution in [0.25, 0.3) is 0 Å². The molecule has 0 radical (unpaired) electrons. The Balaban J connectivity index is 1.81. The predicted molar refractivity (Wildman–Crippen MR) is 123 cm³/mol. The van der Waals surface area contributed by atoms with Crippen LogP contribution in [0.1, 0.15) is 32.3 Å². The number of rotatable bonds is 10. The molecule has 7 nitrogen and oxygen atoms in total. The average molecular weight is 418 g/mol. The molecule has 30 heavy (non-hydrogen) atoms. The minimum absolute atomic E-state index is 0.000804. The van der Waals surface area contributed by atoms with Crippen molar-refractivity contribution in [2.45, 2.75) is 45.3 Å². The molecule has 1 aromatic carbocycles. The van der Waals surface area contributed by atoms with Crippen molar-refractivity contribution in [2.24, 2.45) is 4.99 Å². The predicted octanol–water partition coefficient (Wildman–Crippen LogP) is 1.74. The topological polar surface area (TPSA) is 69.2 Å². The fraction of sp³-hybridized carbons (Fsp3) is 0.652. The van der Waals surface area contributed by atoms with Crippen LogP contribution >= 0.6 is 0 Å². The first kappa shape index (κ1) is 24.2. The van der Waals surface area contributed by atoms with Crippen molar-refractivity contribution in [3.63, 3.8) is 0 Å². The van der Waals surface area contributed by atoms with Gasteiger partial charge in [-0.05, 0) is 38.7 Å². The van der Waals surface area contributed by atoms with Gasteiger partial charge < -0.3 is 25.2 Å². The van der Waals surface area contributed by atoms with Gasteiger partial charge in [0.25, 0.3) is 0 Å². The maximum absolute atomic E-state index is 12.0. The average Bonchev–Trinajstić information content (AvgIpc) is 2.73. The molecule has 1 saturated heterocycles. The molecule has 1 aromatic rings. The summed E-state index contributed by atoms with van der Waals surface area (Å²) in [5.41, 5.74) is 1.28. The van der Waals surface area contributed by atoms with Crippen molar-refractivity contribution in [3.05, 3.63) is 35.9 Å². The molecular weight excluding hydrogens is 378 g/mol. The van der Waals surface area contributed by atoms with Crippen LogP contribution in [-0.4, -0.2) is 87.2 Å². The van der Waals surface area contributed by atoms with Crippen LogP contribution in [0.4, 0.5) is 0 Å². The molecule has 0 bridgehead atoms. The molecule has 7 heteroatoms. The molecule has 0 saturated carbocycles. The second-order valence-electron chi connectivity index (χ2n) is 8.30. The summed E-state index contributed by atoms with van der Waals surface area (Å²) >= 11 is 0. The Hall–Kier alpha value is -2.12. The van der Waals surface area contributed by atoms with Gasteiger partial charge in [0.05, 0.1) is 12.7 Å². The highest BCUT2D eigenvalue weighted by atomic mass is 16.5. The van der Waals surface area contributed by atoms with Gasteiger partial charge in [0.1, 0.15) is 6.54 Å². The Morgan fingerprint density at radius 3 is 2.57 bits per heavy atom. The van der Waals surface area contributed by atoms with Gasteiger partial charge in [-0.3, -0.25) is 4.79 Å². The van der Waals surface area contributed by atoms with E-state index in [1.54, 1.807) is 19.0 Å². The summed E-state index contributed by atoms with van der Waals surface area (Å²) in [4.78, 5) is 20.5. The second kappa shape index (κ2) is 13.2. The van der Waals surface area contributed by atoms with E-state index in [-0.39, 0.29) is 18.6 Å². The van der Waals surface area contributed by atoms with Gasteiger partial charge >= 0.3 is 0 Å². The third kappa shape index (κ3) is 9.59. The summed E-state index contributed by atoms with van der Waals surface area (Å²) in [6.45, 7) is 8.94. The first-order chi connectivity index (χ1) is 14.4. The minimum Gasteiger partial charge on any atom is -0.377 e. The number of guanidine groups is 1. The highest BCUT2D eigenvalue weighted by Gasteiger charge is 2.20. The SMILES string of the molecule is CC(C)OCCN1CCC(NC(=NCC(=O)N(C)C)NCCc2ccccc2)CC1. The molecule has 2 rings (SSSR count). The van der Waals surface area contributed by atoms with E-state index in [1.807, 2.05) is 6.07 Å². The highest BCUT2D eigenvalue weighted by Crippen LogP contribution is 2.10. The van der Waals surface area contributed by atoms with Gasteiger partial charge in [0, 0.05) is 46.3 Å². The van der Waals surface area contributed by atoms with Crippen LogP contribution in [0, 0.1) is 0 Å². The number of hydrogen-bond donors (Lipinski definition) is 2. The Labute approximate surface area is 181 Å². The van der Waals surface area contributed by atoms with Gasteiger partial charge in [0.15, 0.2) is 5.96 Å². The molecule has 0 unspecified atom stereocenters. The van der Waals surface area contributed by atoms with Gasteiger partial charge in [0.2, 0.25) is 5.91 Å². The quantitative estimate of drug-likeness (QED) is 0.448. The molecule has 168 valence electrons. The van der Waals surface area contributed by atoms with E-state index in [2.05, 4.69) is 58.6 Å². The number of benzene rings is 1. The smallest absolute Gasteiger partial charge is 0.243 e. The first-order valence-corrected chi connectivity index (χ1v) is 11.1.